The lowest BCUT2D eigenvalue weighted by atomic mass is 9.82. The summed E-state index contributed by atoms with van der Waals surface area (Å²) in [5, 5.41) is 0. The van der Waals surface area contributed by atoms with E-state index in [9.17, 15) is 9.59 Å². The third-order valence-corrected chi connectivity index (χ3v) is 7.01. The van der Waals surface area contributed by atoms with Crippen molar-refractivity contribution < 1.29 is 14.3 Å². The molecule has 2 heterocycles. The highest BCUT2D eigenvalue weighted by molar-refractivity contribution is 5.79. The van der Waals surface area contributed by atoms with Gasteiger partial charge in [0, 0.05) is 65.3 Å². The molecule has 28 heavy (non-hydrogen) atoms. The van der Waals surface area contributed by atoms with Crippen molar-refractivity contribution in [1.82, 2.24) is 14.7 Å². The van der Waals surface area contributed by atoms with Gasteiger partial charge in [-0.05, 0) is 50.4 Å². The second-order valence-electron chi connectivity index (χ2n) is 9.15. The van der Waals surface area contributed by atoms with Crippen molar-refractivity contribution in [2.45, 2.75) is 52.4 Å². The number of carbonyl (C=O) groups excluding carboxylic acids is 2. The van der Waals surface area contributed by atoms with E-state index in [-0.39, 0.29) is 11.8 Å². The molecule has 0 radical (unpaired) electrons. The predicted molar refractivity (Wildman–Crippen MR) is 110 cm³/mol. The minimum Gasteiger partial charge on any atom is -0.380 e. The summed E-state index contributed by atoms with van der Waals surface area (Å²) in [4.78, 5) is 30.6. The van der Waals surface area contributed by atoms with Crippen LogP contribution < -0.4 is 0 Å². The first kappa shape index (κ1) is 21.6. The maximum atomic E-state index is 12.7. The average Bonchev–Trinajstić information content (AvgIpc) is 2.72. The van der Waals surface area contributed by atoms with Crippen molar-refractivity contribution in [3.05, 3.63) is 0 Å². The minimum absolute atomic E-state index is 0.190. The van der Waals surface area contributed by atoms with Gasteiger partial charge in [0.15, 0.2) is 0 Å². The molecular weight excluding hydrogens is 354 g/mol. The molecule has 0 atom stereocenters. The summed E-state index contributed by atoms with van der Waals surface area (Å²) in [5.74, 6) is 2.25. The quantitative estimate of drug-likeness (QED) is 0.650. The molecule has 2 amide bonds. The van der Waals surface area contributed by atoms with Crippen LogP contribution in [0.25, 0.3) is 0 Å². The standard InChI is InChI=1S/C22H39N3O3/c1-18-3-5-21(6-4-18)22(27)25-13-11-23(12-14-25)15-16-28-17-20-7-9-24(10-8-20)19(2)26/h18,20-21H,3-17H2,1-2H3/t18-,21-. The summed E-state index contributed by atoms with van der Waals surface area (Å²) in [7, 11) is 0. The topological polar surface area (TPSA) is 53.1 Å². The van der Waals surface area contributed by atoms with Crippen molar-refractivity contribution in [2.24, 2.45) is 17.8 Å². The Hall–Kier alpha value is -1.14. The molecule has 3 aliphatic rings. The molecule has 6 nitrogen and oxygen atoms in total. The molecule has 6 heteroatoms. The fourth-order valence-corrected chi connectivity index (χ4v) is 4.82. The predicted octanol–water partition coefficient (Wildman–Crippen LogP) is 2.23. The normalized spacial score (nSPS) is 27.8. The average molecular weight is 394 g/mol. The van der Waals surface area contributed by atoms with E-state index in [0.717, 1.165) is 90.6 Å². The van der Waals surface area contributed by atoms with Crippen LogP contribution >= 0.6 is 0 Å². The second-order valence-corrected chi connectivity index (χ2v) is 9.15. The largest absolute Gasteiger partial charge is 0.380 e. The van der Waals surface area contributed by atoms with E-state index < -0.39 is 0 Å². The van der Waals surface area contributed by atoms with Crippen LogP contribution in [-0.4, -0.2) is 85.5 Å². The van der Waals surface area contributed by atoms with Crippen LogP contribution in [0.1, 0.15) is 52.4 Å². The van der Waals surface area contributed by atoms with Gasteiger partial charge in [-0.3, -0.25) is 14.5 Å². The first-order chi connectivity index (χ1) is 13.5. The first-order valence-corrected chi connectivity index (χ1v) is 11.4. The number of piperazine rings is 1. The SMILES string of the molecule is CC(=O)N1CCC(COCCN2CCN(C(=O)[C@H]3CC[C@H](C)CC3)CC2)CC1. The van der Waals surface area contributed by atoms with Gasteiger partial charge in [0.2, 0.25) is 11.8 Å². The Morgan fingerprint density at radius 3 is 2.11 bits per heavy atom. The van der Waals surface area contributed by atoms with Gasteiger partial charge in [-0.25, -0.2) is 0 Å². The fourth-order valence-electron chi connectivity index (χ4n) is 4.82. The van der Waals surface area contributed by atoms with Crippen LogP contribution in [0, 0.1) is 17.8 Å². The van der Waals surface area contributed by atoms with E-state index in [1.165, 1.54) is 12.8 Å². The van der Waals surface area contributed by atoms with Gasteiger partial charge in [0.1, 0.15) is 0 Å². The van der Waals surface area contributed by atoms with E-state index in [2.05, 4.69) is 16.7 Å². The third kappa shape index (κ3) is 6.18. The van der Waals surface area contributed by atoms with Crippen LogP contribution in [0.3, 0.4) is 0 Å². The number of piperidine rings is 1. The van der Waals surface area contributed by atoms with Crippen molar-refractivity contribution in [2.75, 3.05) is 59.0 Å². The van der Waals surface area contributed by atoms with E-state index in [1.807, 2.05) is 4.90 Å². The number of hydrogen-bond acceptors (Lipinski definition) is 4. The highest BCUT2D eigenvalue weighted by Crippen LogP contribution is 2.29. The Labute approximate surface area is 170 Å². The number of amides is 2. The number of likely N-dealkylation sites (tertiary alicyclic amines) is 1. The van der Waals surface area contributed by atoms with E-state index in [1.54, 1.807) is 6.92 Å². The molecule has 0 bridgehead atoms. The Morgan fingerprint density at radius 1 is 0.857 bits per heavy atom. The van der Waals surface area contributed by atoms with Gasteiger partial charge in [-0.15, -0.1) is 0 Å². The Morgan fingerprint density at radius 2 is 1.50 bits per heavy atom. The molecule has 1 saturated carbocycles. The Balaban J connectivity index is 1.25. The van der Waals surface area contributed by atoms with Crippen LogP contribution in [0.2, 0.25) is 0 Å². The number of rotatable bonds is 6. The summed E-state index contributed by atoms with van der Waals surface area (Å²) in [5.41, 5.74) is 0. The van der Waals surface area contributed by atoms with Crippen LogP contribution in [0.15, 0.2) is 0 Å². The molecule has 0 spiro atoms. The van der Waals surface area contributed by atoms with Gasteiger partial charge >= 0.3 is 0 Å². The van der Waals surface area contributed by atoms with Gasteiger partial charge in [0.25, 0.3) is 0 Å². The third-order valence-electron chi connectivity index (χ3n) is 7.01. The number of ether oxygens (including phenoxy) is 1. The highest BCUT2D eigenvalue weighted by Gasteiger charge is 2.30. The maximum absolute atomic E-state index is 12.7. The summed E-state index contributed by atoms with van der Waals surface area (Å²) in [6.07, 6.45) is 6.70. The molecule has 2 aliphatic heterocycles. The van der Waals surface area contributed by atoms with E-state index in [4.69, 9.17) is 4.74 Å². The molecule has 0 aromatic rings. The van der Waals surface area contributed by atoms with Crippen molar-refractivity contribution in [3.63, 3.8) is 0 Å². The second kappa shape index (κ2) is 10.6. The van der Waals surface area contributed by atoms with Crippen LogP contribution in [0.5, 0.6) is 0 Å². The van der Waals surface area contributed by atoms with Gasteiger partial charge in [-0.2, -0.15) is 0 Å². The molecule has 160 valence electrons. The number of carbonyl (C=O) groups is 2. The van der Waals surface area contributed by atoms with Gasteiger partial charge in [-0.1, -0.05) is 6.92 Å². The van der Waals surface area contributed by atoms with Crippen molar-refractivity contribution >= 4 is 11.8 Å². The molecule has 0 aromatic heterocycles. The lowest BCUT2D eigenvalue weighted by Crippen LogP contribution is -2.51. The summed E-state index contributed by atoms with van der Waals surface area (Å²) < 4.78 is 5.93. The molecule has 0 N–H and O–H groups in total. The van der Waals surface area contributed by atoms with E-state index >= 15 is 0 Å². The number of hydrogen-bond donors (Lipinski definition) is 0. The highest BCUT2D eigenvalue weighted by atomic mass is 16.5. The van der Waals surface area contributed by atoms with Crippen molar-refractivity contribution in [3.8, 4) is 0 Å². The summed E-state index contributed by atoms with van der Waals surface area (Å²) in [6.45, 7) is 11.9. The zero-order chi connectivity index (χ0) is 19.9. The minimum atomic E-state index is 0.190. The lowest BCUT2D eigenvalue weighted by Gasteiger charge is -2.37. The molecule has 2 saturated heterocycles. The number of nitrogens with zero attached hydrogens (tertiary/aromatic N) is 3. The molecule has 1 aliphatic carbocycles. The summed E-state index contributed by atoms with van der Waals surface area (Å²) in [6, 6.07) is 0. The lowest BCUT2D eigenvalue weighted by molar-refractivity contribution is -0.138. The van der Waals surface area contributed by atoms with E-state index in [0.29, 0.717) is 11.8 Å². The molecular formula is C22H39N3O3. The van der Waals surface area contributed by atoms with Gasteiger partial charge in [0.05, 0.1) is 6.61 Å². The molecule has 3 rings (SSSR count). The zero-order valence-electron chi connectivity index (χ0n) is 17.9. The summed E-state index contributed by atoms with van der Waals surface area (Å²) >= 11 is 0. The molecule has 0 unspecified atom stereocenters. The van der Waals surface area contributed by atoms with Crippen LogP contribution in [-0.2, 0) is 14.3 Å². The molecule has 3 fully saturated rings. The Bertz CT molecular complexity index is 503. The zero-order valence-corrected chi connectivity index (χ0v) is 17.9. The smallest absolute Gasteiger partial charge is 0.225 e. The van der Waals surface area contributed by atoms with Crippen LogP contribution in [0.4, 0.5) is 0 Å². The maximum Gasteiger partial charge on any atom is 0.225 e. The first-order valence-electron chi connectivity index (χ1n) is 11.4. The molecule has 0 aromatic carbocycles. The monoisotopic (exact) mass is 393 g/mol. The van der Waals surface area contributed by atoms with Gasteiger partial charge < -0.3 is 14.5 Å². The van der Waals surface area contributed by atoms with Crippen molar-refractivity contribution in [1.29, 1.82) is 0 Å². The fraction of sp³-hybridized carbons (Fsp3) is 0.909. The Kier molecular flexibility index (Phi) is 8.15.